The summed E-state index contributed by atoms with van der Waals surface area (Å²) in [5.41, 5.74) is 0.782. The zero-order valence-electron chi connectivity index (χ0n) is 23.9. The highest BCUT2D eigenvalue weighted by Crippen LogP contribution is 2.64. The molecule has 1 spiro atoms. The molecule has 1 unspecified atom stereocenters. The van der Waals surface area contributed by atoms with E-state index in [-0.39, 0.29) is 41.2 Å². The third-order valence-corrected chi connectivity index (χ3v) is 9.02. The van der Waals surface area contributed by atoms with Crippen LogP contribution in [0.4, 0.5) is 0 Å². The van der Waals surface area contributed by atoms with E-state index in [4.69, 9.17) is 9.84 Å². The van der Waals surface area contributed by atoms with E-state index in [0.29, 0.717) is 43.7 Å². The molecule has 1 aromatic heterocycles. The van der Waals surface area contributed by atoms with Crippen LogP contribution in [-0.2, 0) is 23.2 Å². The third kappa shape index (κ3) is 4.81. The summed E-state index contributed by atoms with van der Waals surface area (Å²) in [6.45, 7) is 11.4. The number of rotatable bonds is 6. The van der Waals surface area contributed by atoms with Crippen LogP contribution in [0.3, 0.4) is 0 Å². The molecule has 41 heavy (non-hydrogen) atoms. The van der Waals surface area contributed by atoms with Crippen molar-refractivity contribution in [1.82, 2.24) is 15.2 Å². The van der Waals surface area contributed by atoms with Gasteiger partial charge in [-0.25, -0.2) is 4.98 Å². The molecule has 1 saturated heterocycles. The van der Waals surface area contributed by atoms with Gasteiger partial charge in [0.15, 0.2) is 23.4 Å². The van der Waals surface area contributed by atoms with Crippen LogP contribution in [0.2, 0.25) is 0 Å². The van der Waals surface area contributed by atoms with E-state index in [9.17, 15) is 25.2 Å². The van der Waals surface area contributed by atoms with Crippen LogP contribution in [0.5, 0.6) is 17.2 Å². The summed E-state index contributed by atoms with van der Waals surface area (Å²) in [7, 11) is 0. The highest BCUT2D eigenvalue weighted by molar-refractivity contribution is 5.90. The number of β-amino-alcohol motifs (C(OH)–C–C–N with tert-alkyl or cyclic N) is 1. The van der Waals surface area contributed by atoms with Gasteiger partial charge >= 0.3 is 0 Å². The molecule has 10 heteroatoms. The monoisotopic (exact) mass is 567 g/mol. The molecule has 1 saturated carbocycles. The number of benzene rings is 1. The summed E-state index contributed by atoms with van der Waals surface area (Å²) >= 11 is 0. The van der Waals surface area contributed by atoms with Crippen LogP contribution >= 0.6 is 0 Å². The largest absolute Gasteiger partial charge is 0.506 e. The quantitative estimate of drug-likeness (QED) is 0.286. The van der Waals surface area contributed by atoms with Gasteiger partial charge in [0, 0.05) is 43.2 Å². The lowest BCUT2D eigenvalue weighted by molar-refractivity contribution is -0.187. The average molecular weight is 568 g/mol. The number of phenolic OH excluding ortho intramolecular Hbond substituents is 1. The van der Waals surface area contributed by atoms with E-state index in [2.05, 4.69) is 21.8 Å². The fourth-order valence-corrected chi connectivity index (χ4v) is 7.12. The van der Waals surface area contributed by atoms with E-state index in [1.807, 2.05) is 32.9 Å². The Bertz CT molecular complexity index is 1340. The minimum absolute atomic E-state index is 0.0408. The number of aromatic hydroxyl groups is 2. The number of likely N-dealkylation sites (tertiary alicyclic amines) is 1. The van der Waals surface area contributed by atoms with Crippen molar-refractivity contribution in [2.45, 2.75) is 87.9 Å². The van der Waals surface area contributed by atoms with Crippen LogP contribution in [0.15, 0.2) is 36.9 Å². The van der Waals surface area contributed by atoms with Crippen molar-refractivity contribution < 1.29 is 35.1 Å². The van der Waals surface area contributed by atoms with Gasteiger partial charge in [-0.2, -0.15) is 0 Å². The van der Waals surface area contributed by atoms with E-state index in [1.165, 1.54) is 6.07 Å². The highest BCUT2D eigenvalue weighted by atomic mass is 16.5. The molecule has 0 amide bonds. The second-order valence-corrected chi connectivity index (χ2v) is 12.6. The summed E-state index contributed by atoms with van der Waals surface area (Å²) in [6, 6.07) is 6.49. The fraction of sp³-hybridized carbons (Fsp3) is 0.548. The molecule has 4 aliphatic rings. The number of pyridine rings is 1. The van der Waals surface area contributed by atoms with Gasteiger partial charge in [-0.15, -0.1) is 6.58 Å². The van der Waals surface area contributed by atoms with Crippen molar-refractivity contribution in [3.63, 3.8) is 0 Å². The average Bonchev–Trinajstić information content (AvgIpc) is 3.29. The van der Waals surface area contributed by atoms with Crippen molar-refractivity contribution >= 4 is 5.78 Å². The van der Waals surface area contributed by atoms with E-state index >= 15 is 0 Å². The number of carbonyl (C=O) groups is 1. The van der Waals surface area contributed by atoms with Crippen molar-refractivity contribution in [3.8, 4) is 17.2 Å². The Balaban J connectivity index is 0.000000177. The molecule has 2 aromatic rings. The van der Waals surface area contributed by atoms with Crippen LogP contribution in [0.1, 0.15) is 68.7 Å². The first kappa shape index (κ1) is 29.5. The second-order valence-electron chi connectivity index (χ2n) is 12.6. The number of nitrogens with zero attached hydrogens (tertiary/aromatic N) is 2. The third-order valence-electron chi connectivity index (χ3n) is 9.02. The van der Waals surface area contributed by atoms with Gasteiger partial charge in [0.2, 0.25) is 0 Å². The molecule has 222 valence electrons. The standard InChI is InChI=1S/C19H21NO4.C12H20N2O3/c1-2-8-20-9-7-18-15-11-3-4-12(21)16(15)24-17(18)13(22)5-6-19(18,23)14(20)10-11;1-12(2,3)13-6-11(17)8-4-5-10(16)9(7-15)14-8/h2-4,14,17,21,23H,1,5-10H2;4-5,11,13,15-17H,6-7H2,1-3H3/t14-,17+,18+,19-;/m1./s1. The molecule has 2 bridgehead atoms. The lowest BCUT2D eigenvalue weighted by Crippen LogP contribution is -2.76. The minimum atomic E-state index is -1.00. The van der Waals surface area contributed by atoms with Crippen molar-refractivity contribution in [2.75, 3.05) is 19.6 Å². The van der Waals surface area contributed by atoms with Crippen LogP contribution in [0, 0.1) is 0 Å². The number of aliphatic hydroxyl groups is 3. The fourth-order valence-electron chi connectivity index (χ4n) is 7.12. The normalized spacial score (nSPS) is 28.7. The molecular weight excluding hydrogens is 526 g/mol. The van der Waals surface area contributed by atoms with Gasteiger partial charge in [0.05, 0.1) is 23.3 Å². The smallest absolute Gasteiger partial charge is 0.174 e. The predicted octanol–water partition coefficient (Wildman–Crippen LogP) is 2.00. The number of nitrogens with one attached hydrogen (secondary N) is 1. The molecule has 5 atom stereocenters. The van der Waals surface area contributed by atoms with Crippen LogP contribution < -0.4 is 10.1 Å². The SMILES string of the molecule is C=CCN1CC[C@]23c4c5ccc(O)c4O[C@H]2C(=O)CC[C@@]3(O)[C@H]1C5.CC(C)(C)NCC(O)c1ccc(O)c(CO)n1. The Labute approximate surface area is 240 Å². The van der Waals surface area contributed by atoms with Gasteiger partial charge in [0.1, 0.15) is 17.5 Å². The molecule has 2 aliphatic heterocycles. The Morgan fingerprint density at radius 3 is 2.63 bits per heavy atom. The number of hydrogen-bond acceptors (Lipinski definition) is 10. The number of piperidine rings is 1. The summed E-state index contributed by atoms with van der Waals surface area (Å²) in [5.74, 6) is 0.465. The lowest BCUT2D eigenvalue weighted by Gasteiger charge is -2.62. The molecule has 6 rings (SSSR count). The minimum Gasteiger partial charge on any atom is -0.506 e. The number of phenols is 1. The van der Waals surface area contributed by atoms with Crippen LogP contribution in [-0.4, -0.2) is 84.1 Å². The number of aromatic nitrogens is 1. The van der Waals surface area contributed by atoms with Gasteiger partial charge < -0.3 is 35.6 Å². The molecule has 6 N–H and O–H groups in total. The van der Waals surface area contributed by atoms with Crippen molar-refractivity contribution in [3.05, 3.63) is 59.4 Å². The summed E-state index contributed by atoms with van der Waals surface area (Å²) in [6.07, 6.45) is 2.58. The number of hydrogen-bond donors (Lipinski definition) is 6. The Kier molecular flexibility index (Phi) is 7.67. The summed E-state index contributed by atoms with van der Waals surface area (Å²) in [4.78, 5) is 18.9. The Morgan fingerprint density at radius 2 is 1.95 bits per heavy atom. The van der Waals surface area contributed by atoms with E-state index in [0.717, 1.165) is 24.2 Å². The summed E-state index contributed by atoms with van der Waals surface area (Å²) < 4.78 is 5.98. The highest BCUT2D eigenvalue weighted by Gasteiger charge is 2.73. The number of ketones is 1. The zero-order valence-corrected chi connectivity index (χ0v) is 23.9. The number of aliphatic hydroxyl groups excluding tert-OH is 2. The molecule has 2 fully saturated rings. The zero-order chi connectivity index (χ0) is 29.7. The summed E-state index contributed by atoms with van der Waals surface area (Å²) in [5, 5.41) is 53.5. The topological polar surface area (TPSA) is 156 Å². The van der Waals surface area contributed by atoms with Gasteiger partial charge in [0.25, 0.3) is 0 Å². The number of ether oxygens (including phenoxy) is 1. The predicted molar refractivity (Wildman–Crippen MR) is 152 cm³/mol. The van der Waals surface area contributed by atoms with Gasteiger partial charge in [-0.1, -0.05) is 12.1 Å². The molecule has 2 aliphatic carbocycles. The van der Waals surface area contributed by atoms with Crippen molar-refractivity contribution in [2.24, 2.45) is 0 Å². The van der Waals surface area contributed by atoms with Crippen LogP contribution in [0.25, 0.3) is 0 Å². The van der Waals surface area contributed by atoms with Gasteiger partial charge in [-0.05, 0) is 63.8 Å². The lowest BCUT2D eigenvalue weighted by atomic mass is 9.49. The van der Waals surface area contributed by atoms with E-state index in [1.54, 1.807) is 12.1 Å². The Morgan fingerprint density at radius 1 is 1.22 bits per heavy atom. The number of Topliss-reactive ketones (excluding diaryl/α,β-unsaturated/α-hetero) is 1. The molecular formula is C31H41N3O7. The molecule has 10 nitrogen and oxygen atoms in total. The maximum atomic E-state index is 12.6. The maximum absolute atomic E-state index is 12.6. The first-order valence-electron chi connectivity index (χ1n) is 14.2. The molecule has 1 aromatic carbocycles. The Hall–Kier alpha value is -3.02. The molecule has 0 radical (unpaired) electrons. The first-order valence-corrected chi connectivity index (χ1v) is 14.2. The molecule has 3 heterocycles. The second kappa shape index (κ2) is 10.7. The maximum Gasteiger partial charge on any atom is 0.174 e. The number of carbonyl (C=O) groups excluding carboxylic acids is 1. The van der Waals surface area contributed by atoms with Gasteiger partial charge in [-0.3, -0.25) is 9.69 Å². The van der Waals surface area contributed by atoms with E-state index < -0.39 is 23.2 Å². The van der Waals surface area contributed by atoms with Crippen molar-refractivity contribution in [1.29, 1.82) is 0 Å². The first-order chi connectivity index (χ1) is 19.4.